The van der Waals surface area contributed by atoms with Crippen molar-refractivity contribution in [2.24, 2.45) is 5.92 Å². The summed E-state index contributed by atoms with van der Waals surface area (Å²) in [4.78, 5) is 24.9. The Kier molecular flexibility index (Phi) is 5.44. The van der Waals surface area contributed by atoms with Gasteiger partial charge in [0.05, 0.1) is 21.9 Å². The maximum absolute atomic E-state index is 13.8. The fraction of sp³-hybridized carbons (Fsp3) is 0.267. The summed E-state index contributed by atoms with van der Waals surface area (Å²) in [6.07, 6.45) is 1.28. The first-order valence-corrected chi connectivity index (χ1v) is 8.26. The Morgan fingerprint density at radius 2 is 2.13 bits per heavy atom. The van der Waals surface area contributed by atoms with Crippen molar-refractivity contribution in [3.8, 4) is 0 Å². The normalized spacial score (nSPS) is 18.1. The molecule has 1 aromatic carbocycles. The van der Waals surface area contributed by atoms with Gasteiger partial charge in [0.2, 0.25) is 0 Å². The lowest BCUT2D eigenvalue weighted by Crippen LogP contribution is -2.52. The number of nitrogens with zero attached hydrogens (tertiary/aromatic N) is 1. The lowest BCUT2D eigenvalue weighted by Gasteiger charge is -2.30. The van der Waals surface area contributed by atoms with Crippen molar-refractivity contribution in [1.29, 1.82) is 0 Å². The quantitative estimate of drug-likeness (QED) is 0.600. The third kappa shape index (κ3) is 3.57. The van der Waals surface area contributed by atoms with Gasteiger partial charge in [0.15, 0.2) is 0 Å². The van der Waals surface area contributed by atoms with Crippen molar-refractivity contribution in [3.05, 3.63) is 39.5 Å². The molecule has 1 aliphatic heterocycles. The van der Waals surface area contributed by atoms with Crippen LogP contribution in [0, 0.1) is 11.7 Å². The number of amides is 1. The summed E-state index contributed by atoms with van der Waals surface area (Å²) >= 11 is 11.9. The molecule has 1 aliphatic rings. The van der Waals surface area contributed by atoms with Crippen LogP contribution in [0.5, 0.6) is 0 Å². The Morgan fingerprint density at radius 1 is 1.48 bits per heavy atom. The second-order valence-corrected chi connectivity index (χ2v) is 7.28. The fourth-order valence-corrected chi connectivity index (χ4v) is 3.70. The van der Waals surface area contributed by atoms with Crippen molar-refractivity contribution in [1.82, 2.24) is 4.90 Å². The van der Waals surface area contributed by atoms with E-state index >= 15 is 0 Å². The van der Waals surface area contributed by atoms with Crippen molar-refractivity contribution in [2.45, 2.75) is 19.9 Å². The standard InChI is InChI=1S/C15H13ClFNO3S2/c1-7(2)12(14(20)21)18-13(19)11(23-15(18)22)6-8-9(16)4-3-5-10(8)17/h3-7,12H,1-2H3,(H,20,21)/p-1/b11-6-/t12-/m1/s1. The SMILES string of the molecule is CC(C)[C@H](C(=O)[O-])N1C(=O)/C(=C/c2c(F)cccc2Cl)SC1=S. The molecular formula is C15H12ClFNO3S2-. The zero-order valence-corrected chi connectivity index (χ0v) is 14.6. The number of hydrogen-bond donors (Lipinski definition) is 0. The van der Waals surface area contributed by atoms with Crippen LogP contribution in [0.3, 0.4) is 0 Å². The van der Waals surface area contributed by atoms with Crippen molar-refractivity contribution >= 4 is 57.9 Å². The van der Waals surface area contributed by atoms with Gasteiger partial charge in [-0.25, -0.2) is 4.39 Å². The van der Waals surface area contributed by atoms with Crippen molar-refractivity contribution in [3.63, 3.8) is 0 Å². The number of thioether (sulfide) groups is 1. The molecule has 122 valence electrons. The van der Waals surface area contributed by atoms with Gasteiger partial charge in [-0.2, -0.15) is 0 Å². The van der Waals surface area contributed by atoms with Gasteiger partial charge in [-0.3, -0.25) is 9.69 Å². The summed E-state index contributed by atoms with van der Waals surface area (Å²) in [5.41, 5.74) is 0.0595. The smallest absolute Gasteiger partial charge is 0.266 e. The molecule has 1 amide bonds. The molecule has 0 unspecified atom stereocenters. The Morgan fingerprint density at radius 3 is 2.65 bits per heavy atom. The van der Waals surface area contributed by atoms with E-state index in [1.807, 2.05) is 0 Å². The molecule has 8 heteroatoms. The van der Waals surface area contributed by atoms with Crippen molar-refractivity contribution < 1.29 is 19.1 Å². The van der Waals surface area contributed by atoms with Gasteiger partial charge in [-0.05, 0) is 24.1 Å². The van der Waals surface area contributed by atoms with E-state index in [4.69, 9.17) is 23.8 Å². The van der Waals surface area contributed by atoms with Gasteiger partial charge in [0.25, 0.3) is 5.91 Å². The second-order valence-electron chi connectivity index (χ2n) is 5.19. The van der Waals surface area contributed by atoms with Crippen LogP contribution < -0.4 is 5.11 Å². The highest BCUT2D eigenvalue weighted by molar-refractivity contribution is 8.26. The zero-order valence-electron chi connectivity index (χ0n) is 12.2. The number of thiocarbonyl (C=S) groups is 1. The summed E-state index contributed by atoms with van der Waals surface area (Å²) in [5.74, 6) is -2.95. The zero-order chi connectivity index (χ0) is 17.3. The predicted molar refractivity (Wildman–Crippen MR) is 90.1 cm³/mol. The lowest BCUT2D eigenvalue weighted by atomic mass is 10.0. The second kappa shape index (κ2) is 6.98. The molecule has 1 fully saturated rings. The van der Waals surface area contributed by atoms with E-state index in [1.54, 1.807) is 13.8 Å². The van der Waals surface area contributed by atoms with Crippen LogP contribution in [0.15, 0.2) is 23.1 Å². The summed E-state index contributed by atoms with van der Waals surface area (Å²) < 4.78 is 13.9. The molecule has 0 radical (unpaired) electrons. The average molecular weight is 373 g/mol. The van der Waals surface area contributed by atoms with Crippen LogP contribution in [0.2, 0.25) is 5.02 Å². The Bertz CT molecular complexity index is 700. The number of carbonyl (C=O) groups is 2. The highest BCUT2D eigenvalue weighted by Crippen LogP contribution is 2.36. The monoisotopic (exact) mass is 372 g/mol. The topological polar surface area (TPSA) is 60.4 Å². The molecule has 23 heavy (non-hydrogen) atoms. The van der Waals surface area contributed by atoms with Crippen LogP contribution >= 0.6 is 35.6 Å². The molecule has 4 nitrogen and oxygen atoms in total. The Labute approximate surface area is 147 Å². The highest BCUT2D eigenvalue weighted by Gasteiger charge is 2.39. The first-order chi connectivity index (χ1) is 10.7. The molecule has 0 spiro atoms. The van der Waals surface area contributed by atoms with E-state index in [1.165, 1.54) is 24.3 Å². The number of carboxylic acid groups (broad SMARTS) is 1. The molecular weight excluding hydrogens is 361 g/mol. The number of benzene rings is 1. The molecule has 1 aromatic rings. The molecule has 0 aliphatic carbocycles. The maximum atomic E-state index is 13.8. The summed E-state index contributed by atoms with van der Waals surface area (Å²) in [7, 11) is 0. The molecule has 0 saturated carbocycles. The summed E-state index contributed by atoms with van der Waals surface area (Å²) in [6.45, 7) is 3.30. The Balaban J connectivity index is 2.42. The van der Waals surface area contributed by atoms with E-state index < -0.39 is 23.7 Å². The number of rotatable bonds is 4. The van der Waals surface area contributed by atoms with Crippen molar-refractivity contribution in [2.75, 3.05) is 0 Å². The van der Waals surface area contributed by atoms with Gasteiger partial charge in [0, 0.05) is 5.56 Å². The van der Waals surface area contributed by atoms with E-state index in [0.29, 0.717) is 0 Å². The first-order valence-electron chi connectivity index (χ1n) is 6.66. The summed E-state index contributed by atoms with van der Waals surface area (Å²) in [6, 6.07) is 2.99. The van der Waals surface area contributed by atoms with E-state index in [2.05, 4.69) is 0 Å². The van der Waals surface area contributed by atoms with E-state index in [-0.39, 0.29) is 25.7 Å². The van der Waals surface area contributed by atoms with Crippen LogP contribution in [-0.2, 0) is 9.59 Å². The van der Waals surface area contributed by atoms with Gasteiger partial charge in [0.1, 0.15) is 10.1 Å². The third-order valence-electron chi connectivity index (χ3n) is 3.25. The number of carboxylic acids is 1. The molecule has 1 heterocycles. The molecule has 1 saturated heterocycles. The summed E-state index contributed by atoms with van der Waals surface area (Å²) in [5, 5.41) is 11.5. The number of carbonyl (C=O) groups excluding carboxylic acids is 2. The maximum Gasteiger partial charge on any atom is 0.266 e. The van der Waals surface area contributed by atoms with Gasteiger partial charge in [-0.15, -0.1) is 0 Å². The number of hydrogen-bond acceptors (Lipinski definition) is 5. The minimum atomic E-state index is -1.39. The van der Waals surface area contributed by atoms with Crippen LogP contribution in [0.4, 0.5) is 4.39 Å². The van der Waals surface area contributed by atoms with Crippen LogP contribution in [0.25, 0.3) is 6.08 Å². The van der Waals surface area contributed by atoms with Crippen LogP contribution in [0.1, 0.15) is 19.4 Å². The van der Waals surface area contributed by atoms with E-state index in [0.717, 1.165) is 16.7 Å². The number of halogens is 2. The fourth-order valence-electron chi connectivity index (χ4n) is 2.18. The van der Waals surface area contributed by atoms with Gasteiger partial charge < -0.3 is 9.90 Å². The molecule has 0 aromatic heterocycles. The molecule has 2 rings (SSSR count). The molecule has 1 atom stereocenters. The Hall–Kier alpha value is -1.44. The molecule has 0 bridgehead atoms. The third-order valence-corrected chi connectivity index (χ3v) is 4.91. The van der Waals surface area contributed by atoms with E-state index in [9.17, 15) is 19.1 Å². The predicted octanol–water partition coefficient (Wildman–Crippen LogP) is 2.45. The highest BCUT2D eigenvalue weighted by atomic mass is 35.5. The van der Waals surface area contributed by atoms with Crippen LogP contribution in [-0.4, -0.2) is 27.1 Å². The molecule has 0 N–H and O–H groups in total. The first kappa shape index (κ1) is 17.9. The average Bonchev–Trinajstić information content (AvgIpc) is 2.70. The minimum Gasteiger partial charge on any atom is -0.548 e. The lowest BCUT2D eigenvalue weighted by molar-refractivity contribution is -0.311. The van der Waals surface area contributed by atoms with Gasteiger partial charge in [-0.1, -0.05) is 55.5 Å². The van der Waals surface area contributed by atoms with Gasteiger partial charge >= 0.3 is 0 Å². The minimum absolute atomic E-state index is 0.0595. The number of aliphatic carboxylic acids is 1. The largest absolute Gasteiger partial charge is 0.548 e.